The zero-order chi connectivity index (χ0) is 15.0. The minimum atomic E-state index is -0.325. The summed E-state index contributed by atoms with van der Waals surface area (Å²) in [6.07, 6.45) is 4.05. The largest absolute Gasteiger partial charge is 0.318 e. The molecule has 2 atom stereocenters. The molecule has 3 rings (SSSR count). The number of nitrogens with one attached hydrogen (secondary N) is 1. The molecule has 0 radical (unpaired) electrons. The summed E-state index contributed by atoms with van der Waals surface area (Å²) in [6, 6.07) is 6.81. The Morgan fingerprint density at radius 1 is 1.24 bits per heavy atom. The summed E-state index contributed by atoms with van der Waals surface area (Å²) in [5.41, 5.74) is 0.584. The molecule has 1 N–H and O–H groups in total. The molecule has 3 nitrogen and oxygen atoms in total. The van der Waals surface area contributed by atoms with E-state index in [9.17, 15) is 9.18 Å². The average molecular weight is 290 g/mol. The molecule has 2 aliphatic rings. The minimum absolute atomic E-state index is 0.130. The predicted octanol–water partition coefficient (Wildman–Crippen LogP) is 3.22. The highest BCUT2D eigenvalue weighted by Gasteiger charge is 2.45. The van der Waals surface area contributed by atoms with Crippen LogP contribution in [-0.2, 0) is 4.79 Å². The summed E-state index contributed by atoms with van der Waals surface area (Å²) in [7, 11) is 0. The Kier molecular flexibility index (Phi) is 3.98. The topological polar surface area (TPSA) is 32.3 Å². The molecule has 2 fully saturated rings. The van der Waals surface area contributed by atoms with Crippen LogP contribution in [0.5, 0.6) is 0 Å². The van der Waals surface area contributed by atoms with E-state index in [1.165, 1.54) is 6.07 Å². The molecule has 1 heterocycles. The van der Waals surface area contributed by atoms with Crippen LogP contribution < -0.4 is 5.32 Å². The van der Waals surface area contributed by atoms with Crippen molar-refractivity contribution >= 4 is 5.91 Å². The van der Waals surface area contributed by atoms with Crippen LogP contribution in [-0.4, -0.2) is 22.9 Å². The van der Waals surface area contributed by atoms with Crippen molar-refractivity contribution in [3.05, 3.63) is 35.6 Å². The molecule has 21 heavy (non-hydrogen) atoms. The number of carbonyl (C=O) groups excluding carboxylic acids is 1. The van der Waals surface area contributed by atoms with Gasteiger partial charge in [0.25, 0.3) is 0 Å². The minimum Gasteiger partial charge on any atom is -0.318 e. The second kappa shape index (κ2) is 5.76. The molecule has 2 unspecified atom stereocenters. The second-order valence-electron chi connectivity index (χ2n) is 6.50. The molecule has 1 aromatic carbocycles. The van der Waals surface area contributed by atoms with Crippen LogP contribution in [0.25, 0.3) is 0 Å². The first kappa shape index (κ1) is 14.5. The van der Waals surface area contributed by atoms with E-state index < -0.39 is 0 Å². The van der Waals surface area contributed by atoms with E-state index in [0.717, 1.165) is 25.7 Å². The molecular formula is C17H23FN2O. The number of amides is 1. The predicted molar refractivity (Wildman–Crippen MR) is 80.0 cm³/mol. The number of carbonyl (C=O) groups is 1. The zero-order valence-corrected chi connectivity index (χ0v) is 12.7. The molecule has 1 amide bonds. The number of hydrogen-bond acceptors (Lipinski definition) is 2. The van der Waals surface area contributed by atoms with Gasteiger partial charge in [0, 0.05) is 11.6 Å². The van der Waals surface area contributed by atoms with Gasteiger partial charge in [-0.1, -0.05) is 44.9 Å². The van der Waals surface area contributed by atoms with Crippen molar-refractivity contribution in [1.82, 2.24) is 10.2 Å². The molecule has 1 saturated carbocycles. The van der Waals surface area contributed by atoms with Gasteiger partial charge in [-0.2, -0.15) is 0 Å². The molecule has 0 spiro atoms. The second-order valence-corrected chi connectivity index (χ2v) is 6.50. The van der Waals surface area contributed by atoms with E-state index in [4.69, 9.17) is 0 Å². The summed E-state index contributed by atoms with van der Waals surface area (Å²) in [5, 5.41) is 3.36. The summed E-state index contributed by atoms with van der Waals surface area (Å²) in [5.74, 6) is 0.0959. The molecule has 114 valence electrons. The molecule has 1 aliphatic carbocycles. The van der Waals surface area contributed by atoms with E-state index >= 15 is 0 Å². The maximum Gasteiger partial charge on any atom is 0.241 e. The van der Waals surface area contributed by atoms with E-state index in [0.29, 0.717) is 5.56 Å². The Balaban J connectivity index is 1.96. The maximum absolute atomic E-state index is 14.2. The number of halogens is 1. The highest BCUT2D eigenvalue weighted by atomic mass is 19.1. The van der Waals surface area contributed by atoms with Crippen LogP contribution in [0.1, 0.15) is 51.3 Å². The summed E-state index contributed by atoms with van der Waals surface area (Å²) < 4.78 is 14.2. The third-order valence-electron chi connectivity index (χ3n) is 4.72. The van der Waals surface area contributed by atoms with E-state index in [2.05, 4.69) is 5.32 Å². The maximum atomic E-state index is 14.2. The van der Waals surface area contributed by atoms with Gasteiger partial charge in [-0.25, -0.2) is 4.39 Å². The van der Waals surface area contributed by atoms with Gasteiger partial charge >= 0.3 is 0 Å². The van der Waals surface area contributed by atoms with Gasteiger partial charge in [0.15, 0.2) is 0 Å². The number of hydrogen-bond donors (Lipinski definition) is 1. The molecule has 4 heteroatoms. The lowest BCUT2D eigenvalue weighted by Gasteiger charge is -2.30. The fourth-order valence-corrected chi connectivity index (χ4v) is 3.60. The Bertz CT molecular complexity index is 525. The normalized spacial score (nSPS) is 27.0. The van der Waals surface area contributed by atoms with Gasteiger partial charge in [-0.05, 0) is 24.8 Å². The van der Waals surface area contributed by atoms with E-state index in [1.807, 2.05) is 24.8 Å². The SMILES string of the molecule is CC(C)C1NC(c2ccccc2F)N(C2CCCC2)C1=O. The first-order valence-electron chi connectivity index (χ1n) is 7.92. The standard InChI is InChI=1S/C17H23FN2O/c1-11(2)15-17(21)20(12-7-3-4-8-12)16(19-15)13-9-5-6-10-14(13)18/h5-6,9-12,15-16,19H,3-4,7-8H2,1-2H3. The van der Waals surface area contributed by atoms with Crippen molar-refractivity contribution in [2.24, 2.45) is 5.92 Å². The van der Waals surface area contributed by atoms with Crippen LogP contribution in [0.4, 0.5) is 4.39 Å². The summed E-state index contributed by atoms with van der Waals surface area (Å²) in [4.78, 5) is 14.7. The lowest BCUT2D eigenvalue weighted by molar-refractivity contribution is -0.133. The fourth-order valence-electron chi connectivity index (χ4n) is 3.60. The smallest absolute Gasteiger partial charge is 0.241 e. The monoisotopic (exact) mass is 290 g/mol. The molecule has 1 saturated heterocycles. The van der Waals surface area contributed by atoms with Crippen LogP contribution in [0.2, 0.25) is 0 Å². The van der Waals surface area contributed by atoms with Crippen molar-refractivity contribution in [2.75, 3.05) is 0 Å². The van der Waals surface area contributed by atoms with Gasteiger partial charge in [-0.3, -0.25) is 10.1 Å². The quantitative estimate of drug-likeness (QED) is 0.927. The van der Waals surface area contributed by atoms with Gasteiger partial charge < -0.3 is 4.90 Å². The van der Waals surface area contributed by atoms with Crippen LogP contribution in [0, 0.1) is 11.7 Å². The van der Waals surface area contributed by atoms with Gasteiger partial charge in [0.2, 0.25) is 5.91 Å². The lowest BCUT2D eigenvalue weighted by atomic mass is 10.0. The third kappa shape index (κ3) is 2.57. The third-order valence-corrected chi connectivity index (χ3v) is 4.72. The van der Waals surface area contributed by atoms with E-state index in [-0.39, 0.29) is 35.9 Å². The van der Waals surface area contributed by atoms with Gasteiger partial charge in [0.1, 0.15) is 12.0 Å². The molecule has 1 aliphatic heterocycles. The molecule has 0 bridgehead atoms. The summed E-state index contributed by atoms with van der Waals surface area (Å²) >= 11 is 0. The highest BCUT2D eigenvalue weighted by molar-refractivity contribution is 5.85. The number of nitrogens with zero attached hydrogens (tertiary/aromatic N) is 1. The van der Waals surface area contributed by atoms with Gasteiger partial charge in [-0.15, -0.1) is 0 Å². The van der Waals surface area contributed by atoms with E-state index in [1.54, 1.807) is 12.1 Å². The molecular weight excluding hydrogens is 267 g/mol. The van der Waals surface area contributed by atoms with Crippen molar-refractivity contribution in [3.63, 3.8) is 0 Å². The average Bonchev–Trinajstić information content (AvgIpc) is 3.06. The van der Waals surface area contributed by atoms with Crippen molar-refractivity contribution < 1.29 is 9.18 Å². The Morgan fingerprint density at radius 3 is 2.52 bits per heavy atom. The number of benzene rings is 1. The summed E-state index contributed by atoms with van der Waals surface area (Å²) in [6.45, 7) is 4.07. The zero-order valence-electron chi connectivity index (χ0n) is 12.7. The van der Waals surface area contributed by atoms with Crippen LogP contribution in [0.15, 0.2) is 24.3 Å². The molecule has 1 aromatic rings. The van der Waals surface area contributed by atoms with Gasteiger partial charge in [0.05, 0.1) is 6.04 Å². The Morgan fingerprint density at radius 2 is 1.90 bits per heavy atom. The first-order chi connectivity index (χ1) is 10.1. The Labute approximate surface area is 125 Å². The van der Waals surface area contributed by atoms with Crippen LogP contribution >= 0.6 is 0 Å². The van der Waals surface area contributed by atoms with Crippen molar-refractivity contribution in [1.29, 1.82) is 0 Å². The first-order valence-corrected chi connectivity index (χ1v) is 7.92. The van der Waals surface area contributed by atoms with Crippen molar-refractivity contribution in [2.45, 2.75) is 57.8 Å². The van der Waals surface area contributed by atoms with Crippen molar-refractivity contribution in [3.8, 4) is 0 Å². The van der Waals surface area contributed by atoms with Crippen LogP contribution in [0.3, 0.4) is 0 Å². The Hall–Kier alpha value is -1.42. The number of rotatable bonds is 3. The lowest BCUT2D eigenvalue weighted by Crippen LogP contribution is -2.39. The highest BCUT2D eigenvalue weighted by Crippen LogP contribution is 2.36. The molecule has 0 aromatic heterocycles. The fraction of sp³-hybridized carbons (Fsp3) is 0.588.